The lowest BCUT2D eigenvalue weighted by Gasteiger charge is -2.08. The van der Waals surface area contributed by atoms with Crippen LogP contribution in [-0.2, 0) is 4.79 Å². The van der Waals surface area contributed by atoms with Gasteiger partial charge in [0.1, 0.15) is 10.7 Å². The van der Waals surface area contributed by atoms with Crippen LogP contribution < -0.4 is 29.5 Å². The van der Waals surface area contributed by atoms with Crippen molar-refractivity contribution in [2.45, 2.75) is 19.8 Å². The number of anilines is 1. The molecule has 1 amide bonds. The van der Waals surface area contributed by atoms with Gasteiger partial charge in [-0.2, -0.15) is 5.26 Å². The summed E-state index contributed by atoms with van der Waals surface area (Å²) in [6.45, 7) is 4.18. The van der Waals surface area contributed by atoms with Crippen LogP contribution in [0.4, 0.5) is 5.69 Å². The van der Waals surface area contributed by atoms with Crippen LogP contribution in [0.2, 0.25) is 0 Å². The number of aromatic nitrogens is 1. The topological polar surface area (TPSA) is 93.4 Å². The van der Waals surface area contributed by atoms with Crippen LogP contribution in [0.3, 0.4) is 0 Å². The zero-order valence-corrected chi connectivity index (χ0v) is 22.3. The highest BCUT2D eigenvalue weighted by atomic mass is 32.1. The highest BCUT2D eigenvalue weighted by molar-refractivity contribution is 7.07. The highest BCUT2D eigenvalue weighted by Crippen LogP contribution is 2.27. The largest absolute Gasteiger partial charge is 0.493 e. The van der Waals surface area contributed by atoms with Gasteiger partial charge in [-0.25, -0.2) is 0 Å². The first-order chi connectivity index (χ1) is 18.4. The first-order valence-corrected chi connectivity index (χ1v) is 12.7. The normalized spacial score (nSPS) is 12.2. The standard InChI is InChI=1S/C30H27N3O4S/c1-19(2)21-11-13-22(14-12-21)32-28(34)24(18-31)30-33(23-8-6-5-7-9-23)29(35)27(38-30)17-20-10-15-25(36-3)26(16-20)37-4/h5-17,19H,1-4H3,(H,32,34)/b27-17+,30-24+. The van der Waals surface area contributed by atoms with E-state index in [2.05, 4.69) is 19.2 Å². The van der Waals surface area contributed by atoms with Gasteiger partial charge in [-0.05, 0) is 59.5 Å². The van der Waals surface area contributed by atoms with Gasteiger partial charge in [-0.15, -0.1) is 11.3 Å². The molecule has 0 fully saturated rings. The van der Waals surface area contributed by atoms with Crippen molar-refractivity contribution in [3.8, 4) is 23.3 Å². The molecule has 0 unspecified atom stereocenters. The number of nitrogens with zero attached hydrogens (tertiary/aromatic N) is 2. The summed E-state index contributed by atoms with van der Waals surface area (Å²) in [6, 6.07) is 23.8. The Kier molecular flexibility index (Phi) is 8.09. The molecule has 0 aliphatic carbocycles. The van der Waals surface area contributed by atoms with E-state index in [1.165, 1.54) is 11.7 Å². The number of ether oxygens (including phenoxy) is 2. The van der Waals surface area contributed by atoms with Gasteiger partial charge in [0.2, 0.25) is 0 Å². The number of nitrogens with one attached hydrogen (secondary N) is 1. The summed E-state index contributed by atoms with van der Waals surface area (Å²) < 4.78 is 12.7. The van der Waals surface area contributed by atoms with Crippen molar-refractivity contribution < 1.29 is 14.3 Å². The molecule has 4 rings (SSSR count). The average Bonchev–Trinajstić information content (AvgIpc) is 3.24. The SMILES string of the molecule is COc1ccc(/C=c2/s/c(=C(\C#N)C(=O)Nc3ccc(C(C)C)cc3)n(-c3ccccc3)c2=O)cc1OC. The van der Waals surface area contributed by atoms with Crippen LogP contribution >= 0.6 is 11.3 Å². The highest BCUT2D eigenvalue weighted by Gasteiger charge is 2.17. The average molecular weight is 526 g/mol. The maximum atomic E-state index is 13.6. The summed E-state index contributed by atoms with van der Waals surface area (Å²) in [5.41, 5.74) is 2.47. The van der Waals surface area contributed by atoms with Crippen LogP contribution in [0.5, 0.6) is 11.5 Å². The minimum absolute atomic E-state index is 0.157. The molecule has 38 heavy (non-hydrogen) atoms. The molecule has 0 saturated heterocycles. The fourth-order valence-electron chi connectivity index (χ4n) is 3.90. The molecule has 0 bridgehead atoms. The molecule has 0 aliphatic heterocycles. The van der Waals surface area contributed by atoms with Crippen LogP contribution in [0, 0.1) is 11.3 Å². The molecule has 7 nitrogen and oxygen atoms in total. The maximum absolute atomic E-state index is 13.6. The first-order valence-electron chi connectivity index (χ1n) is 11.9. The van der Waals surface area contributed by atoms with Gasteiger partial charge in [0.05, 0.1) is 24.4 Å². The van der Waals surface area contributed by atoms with Crippen LogP contribution in [-0.4, -0.2) is 24.7 Å². The lowest BCUT2D eigenvalue weighted by molar-refractivity contribution is -0.111. The predicted molar refractivity (Wildman–Crippen MR) is 150 cm³/mol. The van der Waals surface area contributed by atoms with Gasteiger partial charge in [0.25, 0.3) is 11.5 Å². The third-order valence-electron chi connectivity index (χ3n) is 5.93. The van der Waals surface area contributed by atoms with Gasteiger partial charge in [0, 0.05) is 5.69 Å². The number of para-hydroxylation sites is 1. The smallest absolute Gasteiger partial charge is 0.273 e. The Balaban J connectivity index is 1.88. The van der Waals surface area contributed by atoms with Gasteiger partial charge < -0.3 is 14.8 Å². The van der Waals surface area contributed by atoms with E-state index in [0.717, 1.165) is 16.9 Å². The minimum Gasteiger partial charge on any atom is -0.493 e. The monoisotopic (exact) mass is 525 g/mol. The molecular weight excluding hydrogens is 498 g/mol. The van der Waals surface area contributed by atoms with Gasteiger partial charge >= 0.3 is 0 Å². The number of carbonyl (C=O) groups is 1. The fourth-order valence-corrected chi connectivity index (χ4v) is 5.00. The molecule has 1 aromatic heterocycles. The quantitative estimate of drug-likeness (QED) is 0.391. The van der Waals surface area contributed by atoms with Crippen molar-refractivity contribution in [3.05, 3.63) is 103 Å². The number of nitriles is 1. The second-order valence-electron chi connectivity index (χ2n) is 8.72. The first kappa shape index (κ1) is 26.5. The third-order valence-corrected chi connectivity index (χ3v) is 7.02. The summed E-state index contributed by atoms with van der Waals surface area (Å²) in [6.07, 6.45) is 1.70. The van der Waals surface area contributed by atoms with Gasteiger partial charge in [0.15, 0.2) is 17.1 Å². The van der Waals surface area contributed by atoms with Crippen LogP contribution in [0.15, 0.2) is 77.6 Å². The van der Waals surface area contributed by atoms with Crippen molar-refractivity contribution in [3.63, 3.8) is 0 Å². The molecule has 192 valence electrons. The minimum atomic E-state index is -0.589. The summed E-state index contributed by atoms with van der Waals surface area (Å²) >= 11 is 1.08. The van der Waals surface area contributed by atoms with E-state index in [4.69, 9.17) is 9.47 Å². The molecular formula is C30H27N3O4S. The van der Waals surface area contributed by atoms with Crippen molar-refractivity contribution in [2.75, 3.05) is 19.5 Å². The van der Waals surface area contributed by atoms with E-state index in [1.54, 1.807) is 67.8 Å². The summed E-state index contributed by atoms with van der Waals surface area (Å²) in [5.74, 6) is 0.853. The van der Waals surface area contributed by atoms with E-state index in [9.17, 15) is 14.9 Å². The molecule has 0 aliphatic rings. The number of benzene rings is 3. The Morgan fingerprint density at radius 1 is 1.00 bits per heavy atom. The molecule has 8 heteroatoms. The lowest BCUT2D eigenvalue weighted by Crippen LogP contribution is -2.32. The van der Waals surface area contributed by atoms with Crippen molar-refractivity contribution in [1.29, 1.82) is 5.26 Å². The molecule has 1 N–H and O–H groups in total. The second kappa shape index (κ2) is 11.6. The molecule has 0 saturated carbocycles. The van der Waals surface area contributed by atoms with Crippen molar-refractivity contribution in [2.24, 2.45) is 0 Å². The number of amides is 1. The maximum Gasteiger partial charge on any atom is 0.273 e. The number of hydrogen-bond acceptors (Lipinski definition) is 6. The summed E-state index contributed by atoms with van der Waals surface area (Å²) in [4.78, 5) is 26.9. The summed E-state index contributed by atoms with van der Waals surface area (Å²) in [7, 11) is 3.09. The number of hydrogen-bond donors (Lipinski definition) is 1. The lowest BCUT2D eigenvalue weighted by atomic mass is 10.0. The fraction of sp³-hybridized carbons (Fsp3) is 0.167. The molecule has 0 atom stereocenters. The summed E-state index contributed by atoms with van der Waals surface area (Å²) in [5, 5.41) is 12.8. The number of methoxy groups -OCH3 is 2. The van der Waals surface area contributed by atoms with E-state index < -0.39 is 5.91 Å². The zero-order valence-electron chi connectivity index (χ0n) is 21.5. The third kappa shape index (κ3) is 5.53. The number of carbonyl (C=O) groups excluding carboxylic acids is 1. The second-order valence-corrected chi connectivity index (χ2v) is 9.75. The van der Waals surface area contributed by atoms with Crippen molar-refractivity contribution in [1.82, 2.24) is 4.57 Å². The number of thiazole rings is 1. The number of rotatable bonds is 7. The van der Waals surface area contributed by atoms with E-state index in [-0.39, 0.29) is 15.8 Å². The molecule has 1 heterocycles. The predicted octanol–water partition coefficient (Wildman–Crippen LogP) is 4.18. The Morgan fingerprint density at radius 3 is 2.29 bits per heavy atom. The Bertz CT molecular complexity index is 1680. The van der Waals surface area contributed by atoms with Gasteiger partial charge in [-0.3, -0.25) is 14.2 Å². The van der Waals surface area contributed by atoms with Crippen LogP contribution in [0.25, 0.3) is 17.3 Å². The van der Waals surface area contributed by atoms with E-state index in [0.29, 0.717) is 38.9 Å². The zero-order chi connectivity index (χ0) is 27.2. The van der Waals surface area contributed by atoms with Crippen LogP contribution in [0.1, 0.15) is 30.9 Å². The van der Waals surface area contributed by atoms with E-state index >= 15 is 0 Å². The Morgan fingerprint density at radius 2 is 1.68 bits per heavy atom. The molecule has 0 radical (unpaired) electrons. The van der Waals surface area contributed by atoms with E-state index in [1.807, 2.05) is 24.3 Å². The molecule has 4 aromatic rings. The van der Waals surface area contributed by atoms with Gasteiger partial charge in [-0.1, -0.05) is 50.2 Å². The Hall–Kier alpha value is -4.61. The Labute approximate surface area is 224 Å². The van der Waals surface area contributed by atoms with Crippen molar-refractivity contribution >= 4 is 34.6 Å². The molecule has 3 aromatic carbocycles. The molecule has 0 spiro atoms.